The summed E-state index contributed by atoms with van der Waals surface area (Å²) in [5, 5.41) is 8.05. The van der Waals surface area contributed by atoms with Crippen LogP contribution in [-0.2, 0) is 22.6 Å². The highest BCUT2D eigenvalue weighted by molar-refractivity contribution is 6.30. The normalized spacial score (nSPS) is 14.9. The molecule has 3 rings (SSSR count). The highest BCUT2D eigenvalue weighted by atomic mass is 35.5. The lowest BCUT2D eigenvalue weighted by Crippen LogP contribution is -2.52. The number of halogens is 1. The number of aromatic nitrogens is 2. The van der Waals surface area contributed by atoms with Gasteiger partial charge in [-0.3, -0.25) is 14.5 Å². The third kappa shape index (κ3) is 3.90. The first kappa shape index (κ1) is 18.5. The molecular formula is C19H23ClN4O2. The Morgan fingerprint density at radius 2 is 2.08 bits per heavy atom. The molecule has 1 atom stereocenters. The number of aryl methyl sites for hydroxylation is 2. The maximum absolute atomic E-state index is 12.7. The summed E-state index contributed by atoms with van der Waals surface area (Å²) in [4.78, 5) is 26.8. The third-order valence-corrected chi connectivity index (χ3v) is 4.81. The van der Waals surface area contributed by atoms with Gasteiger partial charge in [0.25, 0.3) is 0 Å². The number of nitrogens with one attached hydrogen (secondary N) is 1. The fourth-order valence-electron chi connectivity index (χ4n) is 3.26. The Kier molecular flexibility index (Phi) is 5.61. The van der Waals surface area contributed by atoms with Crippen molar-refractivity contribution in [2.24, 2.45) is 0 Å². The van der Waals surface area contributed by atoms with Gasteiger partial charge in [0.15, 0.2) is 0 Å². The monoisotopic (exact) mass is 374 g/mol. The lowest BCUT2D eigenvalue weighted by Gasteiger charge is -2.33. The molecule has 1 unspecified atom stereocenters. The largest absolute Gasteiger partial charge is 0.354 e. The zero-order valence-electron chi connectivity index (χ0n) is 15.0. The molecule has 0 fully saturated rings. The molecular weight excluding hydrogens is 352 g/mol. The molecule has 2 aromatic rings. The molecule has 1 N–H and O–H groups in total. The first-order chi connectivity index (χ1) is 12.5. The maximum atomic E-state index is 12.7. The van der Waals surface area contributed by atoms with Gasteiger partial charge in [-0.1, -0.05) is 30.7 Å². The van der Waals surface area contributed by atoms with Crippen molar-refractivity contribution >= 4 is 29.2 Å². The van der Waals surface area contributed by atoms with Crippen molar-refractivity contribution in [2.75, 3.05) is 11.4 Å². The Morgan fingerprint density at radius 3 is 2.77 bits per heavy atom. The van der Waals surface area contributed by atoms with Crippen LogP contribution in [-0.4, -0.2) is 34.2 Å². The van der Waals surface area contributed by atoms with E-state index in [4.69, 9.17) is 11.6 Å². The highest BCUT2D eigenvalue weighted by Crippen LogP contribution is 2.26. The van der Waals surface area contributed by atoms with E-state index in [0.717, 1.165) is 11.3 Å². The molecule has 7 heteroatoms. The van der Waals surface area contributed by atoms with Crippen molar-refractivity contribution in [2.45, 2.75) is 45.7 Å². The number of carbonyl (C=O) groups is 2. The van der Waals surface area contributed by atoms with E-state index < -0.39 is 6.04 Å². The molecule has 1 aliphatic rings. The van der Waals surface area contributed by atoms with Gasteiger partial charge < -0.3 is 5.32 Å². The Hall–Kier alpha value is -2.34. The molecule has 2 heterocycles. The van der Waals surface area contributed by atoms with E-state index in [0.29, 0.717) is 43.2 Å². The summed E-state index contributed by atoms with van der Waals surface area (Å²) in [6.07, 6.45) is 1.62. The highest BCUT2D eigenvalue weighted by Gasteiger charge is 2.34. The van der Waals surface area contributed by atoms with E-state index in [1.165, 1.54) is 0 Å². The van der Waals surface area contributed by atoms with Gasteiger partial charge >= 0.3 is 0 Å². The number of carbonyl (C=O) groups excluding carboxylic acids is 2. The second-order valence-electron chi connectivity index (χ2n) is 6.47. The first-order valence-corrected chi connectivity index (χ1v) is 9.26. The van der Waals surface area contributed by atoms with Gasteiger partial charge in [0.2, 0.25) is 11.8 Å². The second kappa shape index (κ2) is 7.91. The van der Waals surface area contributed by atoms with Crippen LogP contribution in [0, 0.1) is 6.92 Å². The van der Waals surface area contributed by atoms with Crippen LogP contribution >= 0.6 is 11.6 Å². The number of amides is 2. The van der Waals surface area contributed by atoms with Crippen LogP contribution in [0.4, 0.5) is 5.82 Å². The molecule has 0 bridgehead atoms. The van der Waals surface area contributed by atoms with Crippen LogP contribution in [0.25, 0.3) is 0 Å². The van der Waals surface area contributed by atoms with Crippen molar-refractivity contribution in [1.29, 1.82) is 0 Å². The summed E-state index contributed by atoms with van der Waals surface area (Å²) in [5.74, 6) is 0.540. The number of nitrogens with zero attached hydrogens (tertiary/aromatic N) is 3. The standard InChI is InChI=1S/C19H23ClN4O2/c1-3-16(19(26)21-10-8-14-4-6-15(20)7-5-14)24-17-12-13(2)22-23(17)11-9-18(24)25/h4-7,12,16H,3,8-11H2,1-2H3,(H,21,26). The van der Waals surface area contributed by atoms with E-state index in [1.54, 1.807) is 9.58 Å². The Labute approximate surface area is 158 Å². The first-order valence-electron chi connectivity index (χ1n) is 8.88. The van der Waals surface area contributed by atoms with Gasteiger partial charge in [-0.15, -0.1) is 0 Å². The van der Waals surface area contributed by atoms with Crippen LogP contribution in [0.1, 0.15) is 31.0 Å². The quantitative estimate of drug-likeness (QED) is 0.845. The minimum absolute atomic E-state index is 0.0305. The maximum Gasteiger partial charge on any atom is 0.243 e. The fraction of sp³-hybridized carbons (Fsp3) is 0.421. The Bertz CT molecular complexity index is 800. The number of rotatable bonds is 6. The molecule has 0 spiro atoms. The molecule has 0 saturated heterocycles. The van der Waals surface area contributed by atoms with Gasteiger partial charge in [-0.25, -0.2) is 4.68 Å². The van der Waals surface area contributed by atoms with E-state index in [1.807, 2.05) is 44.2 Å². The number of anilines is 1. The van der Waals surface area contributed by atoms with Gasteiger partial charge in [-0.05, 0) is 37.5 Å². The Morgan fingerprint density at radius 1 is 1.35 bits per heavy atom. The molecule has 138 valence electrons. The minimum atomic E-state index is -0.525. The summed E-state index contributed by atoms with van der Waals surface area (Å²) in [6.45, 7) is 4.88. The predicted molar refractivity (Wildman–Crippen MR) is 101 cm³/mol. The summed E-state index contributed by atoms with van der Waals surface area (Å²) in [7, 11) is 0. The van der Waals surface area contributed by atoms with Crippen LogP contribution in [0.3, 0.4) is 0 Å². The lowest BCUT2D eigenvalue weighted by molar-refractivity contribution is -0.127. The predicted octanol–water partition coefficient (Wildman–Crippen LogP) is 2.72. The van der Waals surface area contributed by atoms with Crippen molar-refractivity contribution in [1.82, 2.24) is 15.1 Å². The number of fused-ring (bicyclic) bond motifs is 1. The summed E-state index contributed by atoms with van der Waals surface area (Å²) >= 11 is 5.88. The van der Waals surface area contributed by atoms with Crippen LogP contribution < -0.4 is 10.2 Å². The van der Waals surface area contributed by atoms with Crippen molar-refractivity contribution in [3.8, 4) is 0 Å². The van der Waals surface area contributed by atoms with Crippen LogP contribution in [0.15, 0.2) is 30.3 Å². The summed E-state index contributed by atoms with van der Waals surface area (Å²) in [5.41, 5.74) is 1.95. The van der Waals surface area contributed by atoms with Crippen LogP contribution in [0.5, 0.6) is 0 Å². The number of hydrogen-bond acceptors (Lipinski definition) is 3. The SMILES string of the molecule is CCC(C(=O)NCCc1ccc(Cl)cc1)N1C(=O)CCn2nc(C)cc21. The second-order valence-corrected chi connectivity index (χ2v) is 6.91. The van der Waals surface area contributed by atoms with Crippen molar-refractivity contribution in [3.63, 3.8) is 0 Å². The molecule has 1 aliphatic heterocycles. The molecule has 2 amide bonds. The van der Waals surface area contributed by atoms with Crippen molar-refractivity contribution in [3.05, 3.63) is 46.6 Å². The van der Waals surface area contributed by atoms with E-state index in [-0.39, 0.29) is 11.8 Å². The average molecular weight is 375 g/mol. The van der Waals surface area contributed by atoms with E-state index in [9.17, 15) is 9.59 Å². The van der Waals surface area contributed by atoms with Crippen LogP contribution in [0.2, 0.25) is 5.02 Å². The topological polar surface area (TPSA) is 67.2 Å². The lowest BCUT2D eigenvalue weighted by atomic mass is 10.1. The van der Waals surface area contributed by atoms with E-state index in [2.05, 4.69) is 10.4 Å². The number of hydrogen-bond donors (Lipinski definition) is 1. The number of benzene rings is 1. The average Bonchev–Trinajstić information content (AvgIpc) is 2.99. The molecule has 0 saturated carbocycles. The third-order valence-electron chi connectivity index (χ3n) is 4.56. The minimum Gasteiger partial charge on any atom is -0.354 e. The van der Waals surface area contributed by atoms with Gasteiger partial charge in [0, 0.05) is 24.1 Å². The Balaban J connectivity index is 1.67. The fourth-order valence-corrected chi connectivity index (χ4v) is 3.38. The van der Waals surface area contributed by atoms with Gasteiger partial charge in [0.05, 0.1) is 12.2 Å². The van der Waals surface area contributed by atoms with Crippen molar-refractivity contribution < 1.29 is 9.59 Å². The summed E-state index contributed by atoms with van der Waals surface area (Å²) < 4.78 is 1.81. The van der Waals surface area contributed by atoms with Gasteiger partial charge in [0.1, 0.15) is 11.9 Å². The molecule has 26 heavy (non-hydrogen) atoms. The molecule has 0 radical (unpaired) electrons. The zero-order valence-corrected chi connectivity index (χ0v) is 15.8. The molecule has 0 aliphatic carbocycles. The zero-order chi connectivity index (χ0) is 18.7. The molecule has 1 aromatic carbocycles. The van der Waals surface area contributed by atoms with E-state index >= 15 is 0 Å². The summed E-state index contributed by atoms with van der Waals surface area (Å²) in [6, 6.07) is 8.90. The van der Waals surface area contributed by atoms with Gasteiger partial charge in [-0.2, -0.15) is 5.10 Å². The molecule has 6 nitrogen and oxygen atoms in total. The molecule has 1 aromatic heterocycles. The smallest absolute Gasteiger partial charge is 0.243 e.